The van der Waals surface area contributed by atoms with Gasteiger partial charge in [0.2, 0.25) is 0 Å². The van der Waals surface area contributed by atoms with Crippen molar-refractivity contribution in [2.24, 2.45) is 0 Å². The number of nitrogens with one attached hydrogen (secondary N) is 1. The predicted octanol–water partition coefficient (Wildman–Crippen LogP) is 3.32. The van der Waals surface area contributed by atoms with Gasteiger partial charge in [0.05, 0.1) is 11.3 Å². The molecule has 9 heteroatoms. The normalized spacial score (nSPS) is 15.9. The molecule has 3 rings (SSSR count). The summed E-state index contributed by atoms with van der Waals surface area (Å²) in [4.78, 5) is 0. The van der Waals surface area contributed by atoms with Gasteiger partial charge in [-0.1, -0.05) is 18.2 Å². The quantitative estimate of drug-likeness (QED) is 0.850. The molecule has 138 valence electrons. The number of nitrogens with zero attached hydrogens (tertiary/aromatic N) is 1. The van der Waals surface area contributed by atoms with Crippen LogP contribution in [0.3, 0.4) is 0 Å². The maximum absolute atomic E-state index is 12.6. The number of hydrogen-bond acceptors (Lipinski definition) is 3. The van der Waals surface area contributed by atoms with E-state index in [0.717, 1.165) is 27.6 Å². The minimum absolute atomic E-state index is 0.115. The highest BCUT2D eigenvalue weighted by Gasteiger charge is 2.30. The first-order chi connectivity index (χ1) is 12.2. The Labute approximate surface area is 148 Å². The van der Waals surface area contributed by atoms with Gasteiger partial charge in [0.1, 0.15) is 5.75 Å². The standard InChI is InChI=1S/C17H15F3N2O3S/c18-17(19,20)14-6-3-12(4-7-14)1-2-13-5-8-15(16(23)11-13)22-10-9-21-26(22,24)25/h3-11,21,23H,1-2H2. The fourth-order valence-corrected chi connectivity index (χ4v) is 3.57. The maximum atomic E-state index is 12.6. The highest BCUT2D eigenvalue weighted by molar-refractivity contribution is 7.91. The van der Waals surface area contributed by atoms with Crippen LogP contribution in [0.15, 0.2) is 54.9 Å². The van der Waals surface area contributed by atoms with Gasteiger partial charge in [-0.05, 0) is 48.2 Å². The fourth-order valence-electron chi connectivity index (χ4n) is 2.59. The van der Waals surface area contributed by atoms with E-state index < -0.39 is 21.9 Å². The molecule has 1 aliphatic rings. The first-order valence-electron chi connectivity index (χ1n) is 7.63. The summed E-state index contributed by atoms with van der Waals surface area (Å²) in [7, 11) is -3.73. The Balaban J connectivity index is 1.70. The Morgan fingerprint density at radius 2 is 1.62 bits per heavy atom. The molecule has 0 unspecified atom stereocenters. The molecule has 0 atom stereocenters. The van der Waals surface area contributed by atoms with E-state index in [1.807, 2.05) is 0 Å². The van der Waals surface area contributed by atoms with Gasteiger partial charge in [-0.25, -0.2) is 4.31 Å². The highest BCUT2D eigenvalue weighted by Crippen LogP contribution is 2.32. The maximum Gasteiger partial charge on any atom is 0.416 e. The molecule has 0 saturated carbocycles. The first-order valence-corrected chi connectivity index (χ1v) is 9.07. The number of halogens is 3. The Morgan fingerprint density at radius 1 is 1.00 bits per heavy atom. The van der Waals surface area contributed by atoms with E-state index in [4.69, 9.17) is 0 Å². The fraction of sp³-hybridized carbons (Fsp3) is 0.176. The molecule has 0 amide bonds. The van der Waals surface area contributed by atoms with Gasteiger partial charge in [-0.15, -0.1) is 0 Å². The number of anilines is 1. The molecule has 0 fully saturated rings. The molecule has 1 aliphatic heterocycles. The molecule has 0 radical (unpaired) electrons. The van der Waals surface area contributed by atoms with Gasteiger partial charge in [-0.2, -0.15) is 21.6 Å². The smallest absolute Gasteiger partial charge is 0.416 e. The first kappa shape index (κ1) is 18.1. The topological polar surface area (TPSA) is 69.6 Å². The van der Waals surface area contributed by atoms with E-state index in [2.05, 4.69) is 4.72 Å². The van der Waals surface area contributed by atoms with Crippen molar-refractivity contribution in [3.63, 3.8) is 0 Å². The molecule has 0 aromatic heterocycles. The summed E-state index contributed by atoms with van der Waals surface area (Å²) >= 11 is 0. The Bertz CT molecular complexity index is 939. The van der Waals surface area contributed by atoms with Crippen molar-refractivity contribution in [3.05, 3.63) is 71.6 Å². The second-order valence-corrected chi connectivity index (χ2v) is 7.33. The van der Waals surface area contributed by atoms with Crippen LogP contribution in [0, 0.1) is 0 Å². The minimum Gasteiger partial charge on any atom is -0.506 e. The van der Waals surface area contributed by atoms with Gasteiger partial charge in [-0.3, -0.25) is 4.72 Å². The molecule has 2 N–H and O–H groups in total. The monoisotopic (exact) mass is 384 g/mol. The number of phenolic OH excluding ortho intramolecular Hbond substituents is 1. The van der Waals surface area contributed by atoms with Crippen molar-refractivity contribution in [3.8, 4) is 5.75 Å². The van der Waals surface area contributed by atoms with Crippen LogP contribution < -0.4 is 9.03 Å². The van der Waals surface area contributed by atoms with Crippen LogP contribution in [0.2, 0.25) is 0 Å². The predicted molar refractivity (Wildman–Crippen MR) is 90.6 cm³/mol. The summed E-state index contributed by atoms with van der Waals surface area (Å²) < 4.78 is 64.3. The minimum atomic E-state index is -4.36. The average molecular weight is 384 g/mol. The lowest BCUT2D eigenvalue weighted by molar-refractivity contribution is -0.137. The van der Waals surface area contributed by atoms with Crippen LogP contribution in [0.5, 0.6) is 5.75 Å². The van der Waals surface area contributed by atoms with Crippen LogP contribution >= 0.6 is 0 Å². The lowest BCUT2D eigenvalue weighted by Crippen LogP contribution is -2.28. The van der Waals surface area contributed by atoms with Crippen molar-refractivity contribution in [1.82, 2.24) is 4.72 Å². The number of benzene rings is 2. The number of aryl methyl sites for hydroxylation is 2. The van der Waals surface area contributed by atoms with Gasteiger partial charge in [0.15, 0.2) is 0 Å². The van der Waals surface area contributed by atoms with E-state index in [1.165, 1.54) is 36.7 Å². The number of phenols is 1. The van der Waals surface area contributed by atoms with Crippen LogP contribution in [0.4, 0.5) is 18.9 Å². The van der Waals surface area contributed by atoms with Crippen molar-refractivity contribution in [2.45, 2.75) is 19.0 Å². The lowest BCUT2D eigenvalue weighted by atomic mass is 10.0. The number of aromatic hydroxyl groups is 1. The summed E-state index contributed by atoms with van der Waals surface area (Å²) in [6.45, 7) is 0. The van der Waals surface area contributed by atoms with Crippen molar-refractivity contribution < 1.29 is 26.7 Å². The van der Waals surface area contributed by atoms with Crippen molar-refractivity contribution >= 4 is 15.9 Å². The molecule has 0 aliphatic carbocycles. The zero-order valence-electron chi connectivity index (χ0n) is 13.4. The molecule has 2 aromatic rings. The third kappa shape index (κ3) is 3.77. The van der Waals surface area contributed by atoms with Gasteiger partial charge >= 0.3 is 16.4 Å². The van der Waals surface area contributed by atoms with E-state index in [0.29, 0.717) is 12.8 Å². The van der Waals surface area contributed by atoms with Gasteiger partial charge in [0.25, 0.3) is 0 Å². The lowest BCUT2D eigenvalue weighted by Gasteiger charge is -2.16. The van der Waals surface area contributed by atoms with Gasteiger partial charge < -0.3 is 5.11 Å². The summed E-state index contributed by atoms with van der Waals surface area (Å²) in [5, 5.41) is 10.1. The molecular formula is C17H15F3N2O3S. The van der Waals surface area contributed by atoms with Crippen LogP contribution in [0.1, 0.15) is 16.7 Å². The van der Waals surface area contributed by atoms with Gasteiger partial charge in [0, 0.05) is 12.4 Å². The Hall–Kier alpha value is -2.68. The SMILES string of the molecule is O=S1(=O)NC=CN1c1ccc(CCc2ccc(C(F)(F)F)cc2)cc1O. The summed E-state index contributed by atoms with van der Waals surface area (Å²) in [6.07, 6.45) is -0.862. The molecule has 1 heterocycles. The third-order valence-electron chi connectivity index (χ3n) is 3.95. The van der Waals surface area contributed by atoms with Crippen LogP contribution in [0.25, 0.3) is 0 Å². The third-order valence-corrected chi connectivity index (χ3v) is 5.22. The summed E-state index contributed by atoms with van der Waals surface area (Å²) in [6, 6.07) is 9.50. The number of hydrogen-bond donors (Lipinski definition) is 2. The van der Waals surface area contributed by atoms with E-state index in [-0.39, 0.29) is 11.4 Å². The molecule has 0 bridgehead atoms. The Morgan fingerprint density at radius 3 is 2.15 bits per heavy atom. The van der Waals surface area contributed by atoms with E-state index >= 15 is 0 Å². The second kappa shape index (κ2) is 6.56. The molecule has 0 spiro atoms. The molecule has 26 heavy (non-hydrogen) atoms. The van der Waals surface area contributed by atoms with E-state index in [1.54, 1.807) is 6.07 Å². The average Bonchev–Trinajstić information content (AvgIpc) is 2.92. The zero-order chi connectivity index (χ0) is 18.9. The largest absolute Gasteiger partial charge is 0.506 e. The number of alkyl halides is 3. The zero-order valence-corrected chi connectivity index (χ0v) is 14.2. The molecule has 5 nitrogen and oxygen atoms in total. The van der Waals surface area contributed by atoms with Crippen LogP contribution in [-0.2, 0) is 29.2 Å². The molecule has 0 saturated heterocycles. The summed E-state index contributed by atoms with van der Waals surface area (Å²) in [5.41, 5.74) is 0.886. The van der Waals surface area contributed by atoms with Crippen LogP contribution in [-0.4, -0.2) is 13.5 Å². The molecule has 2 aromatic carbocycles. The molecular weight excluding hydrogens is 369 g/mol. The summed E-state index contributed by atoms with van der Waals surface area (Å²) in [5.74, 6) is -0.202. The van der Waals surface area contributed by atoms with Crippen molar-refractivity contribution in [2.75, 3.05) is 4.31 Å². The highest BCUT2D eigenvalue weighted by atomic mass is 32.2. The Kier molecular flexibility index (Phi) is 4.57. The second-order valence-electron chi connectivity index (χ2n) is 5.75. The number of rotatable bonds is 4. The van der Waals surface area contributed by atoms with Crippen molar-refractivity contribution in [1.29, 1.82) is 0 Å². The van der Waals surface area contributed by atoms with E-state index in [9.17, 15) is 26.7 Å².